The third-order valence-corrected chi connectivity index (χ3v) is 3.22. The Labute approximate surface area is 117 Å². The third kappa shape index (κ3) is 2.97. The molecule has 4 heteroatoms. The summed E-state index contributed by atoms with van der Waals surface area (Å²) in [5.41, 5.74) is 0.292. The first-order valence-electron chi connectivity index (χ1n) is 6.33. The van der Waals surface area contributed by atoms with Gasteiger partial charge in [0.05, 0.1) is 12.1 Å². The molecule has 4 nitrogen and oxygen atoms in total. The Hall–Kier alpha value is -2.33. The summed E-state index contributed by atoms with van der Waals surface area (Å²) in [7, 11) is 0. The molecule has 0 spiro atoms. The first kappa shape index (κ1) is 14.1. The standard InChI is InChI=1S/C16H17NO3/c1-16(11-18,13-7-3-2-4-8-13)17-15(20)12-6-5-9-14(19)10-12/h2-10,18-19H,11H2,1H3,(H,17,20). The van der Waals surface area contributed by atoms with Gasteiger partial charge in [0.25, 0.3) is 5.91 Å². The molecule has 0 aliphatic heterocycles. The monoisotopic (exact) mass is 271 g/mol. The van der Waals surface area contributed by atoms with Crippen molar-refractivity contribution in [1.82, 2.24) is 5.32 Å². The van der Waals surface area contributed by atoms with Crippen molar-refractivity contribution in [3.05, 3.63) is 65.7 Å². The zero-order valence-corrected chi connectivity index (χ0v) is 11.2. The molecule has 2 aromatic carbocycles. The van der Waals surface area contributed by atoms with Crippen molar-refractivity contribution in [1.29, 1.82) is 0 Å². The van der Waals surface area contributed by atoms with E-state index in [0.29, 0.717) is 5.56 Å². The number of hydrogen-bond donors (Lipinski definition) is 3. The van der Waals surface area contributed by atoms with Gasteiger partial charge in [-0.2, -0.15) is 0 Å². The van der Waals surface area contributed by atoms with Crippen LogP contribution in [0.2, 0.25) is 0 Å². The smallest absolute Gasteiger partial charge is 0.252 e. The zero-order chi connectivity index (χ0) is 14.6. The number of carbonyl (C=O) groups excluding carboxylic acids is 1. The van der Waals surface area contributed by atoms with Crippen molar-refractivity contribution in [2.24, 2.45) is 0 Å². The normalized spacial score (nSPS) is 13.5. The van der Waals surface area contributed by atoms with Gasteiger partial charge in [0, 0.05) is 5.56 Å². The minimum Gasteiger partial charge on any atom is -0.508 e. The molecule has 0 fully saturated rings. The molecule has 2 rings (SSSR count). The number of carbonyl (C=O) groups is 1. The number of rotatable bonds is 4. The second-order valence-electron chi connectivity index (χ2n) is 4.86. The van der Waals surface area contributed by atoms with Crippen molar-refractivity contribution in [3.8, 4) is 5.75 Å². The van der Waals surface area contributed by atoms with Crippen LogP contribution in [0.4, 0.5) is 0 Å². The Bertz CT molecular complexity index is 598. The topological polar surface area (TPSA) is 69.6 Å². The Morgan fingerprint density at radius 1 is 1.15 bits per heavy atom. The van der Waals surface area contributed by atoms with Crippen LogP contribution in [0.1, 0.15) is 22.8 Å². The average molecular weight is 271 g/mol. The van der Waals surface area contributed by atoms with Gasteiger partial charge in [-0.15, -0.1) is 0 Å². The van der Waals surface area contributed by atoms with Crippen LogP contribution in [0.15, 0.2) is 54.6 Å². The molecule has 0 radical (unpaired) electrons. The van der Waals surface area contributed by atoms with Gasteiger partial charge in [0.1, 0.15) is 5.75 Å². The van der Waals surface area contributed by atoms with Crippen molar-refractivity contribution in [2.75, 3.05) is 6.61 Å². The van der Waals surface area contributed by atoms with Gasteiger partial charge in [-0.1, -0.05) is 36.4 Å². The lowest BCUT2D eigenvalue weighted by Gasteiger charge is -2.29. The fourth-order valence-corrected chi connectivity index (χ4v) is 1.98. The predicted octanol–water partition coefficient (Wildman–Crippen LogP) is 2.03. The summed E-state index contributed by atoms with van der Waals surface area (Å²) in [6, 6.07) is 15.4. The predicted molar refractivity (Wildman–Crippen MR) is 76.5 cm³/mol. The Balaban J connectivity index is 2.24. The van der Waals surface area contributed by atoms with E-state index in [4.69, 9.17) is 0 Å². The van der Waals surface area contributed by atoms with Gasteiger partial charge < -0.3 is 15.5 Å². The van der Waals surface area contributed by atoms with Crippen LogP contribution in [0.5, 0.6) is 5.75 Å². The summed E-state index contributed by atoms with van der Waals surface area (Å²) >= 11 is 0. The molecule has 0 aromatic heterocycles. The van der Waals surface area contributed by atoms with E-state index < -0.39 is 5.54 Å². The SMILES string of the molecule is CC(CO)(NC(=O)c1cccc(O)c1)c1ccccc1. The molecule has 104 valence electrons. The van der Waals surface area contributed by atoms with Crippen LogP contribution in [0.3, 0.4) is 0 Å². The average Bonchev–Trinajstić information content (AvgIpc) is 2.48. The van der Waals surface area contributed by atoms with Gasteiger partial charge >= 0.3 is 0 Å². The molecule has 0 saturated carbocycles. The number of benzene rings is 2. The summed E-state index contributed by atoms with van der Waals surface area (Å²) < 4.78 is 0. The lowest BCUT2D eigenvalue weighted by Crippen LogP contribution is -2.46. The summed E-state index contributed by atoms with van der Waals surface area (Å²) in [6.07, 6.45) is 0. The Morgan fingerprint density at radius 3 is 2.45 bits per heavy atom. The van der Waals surface area contributed by atoms with Crippen molar-refractivity contribution in [2.45, 2.75) is 12.5 Å². The molecular formula is C16H17NO3. The quantitative estimate of drug-likeness (QED) is 0.797. The molecule has 0 aliphatic rings. The summed E-state index contributed by atoms with van der Waals surface area (Å²) in [6.45, 7) is 1.53. The first-order valence-corrected chi connectivity index (χ1v) is 6.33. The van der Waals surface area contributed by atoms with Crippen molar-refractivity contribution < 1.29 is 15.0 Å². The minimum atomic E-state index is -0.871. The maximum atomic E-state index is 12.2. The molecular weight excluding hydrogens is 254 g/mol. The Morgan fingerprint density at radius 2 is 1.85 bits per heavy atom. The molecule has 0 heterocycles. The number of aliphatic hydroxyl groups excluding tert-OH is 1. The van der Waals surface area contributed by atoms with Gasteiger partial charge in [-0.3, -0.25) is 4.79 Å². The molecule has 2 aromatic rings. The van der Waals surface area contributed by atoms with Gasteiger partial charge in [0.15, 0.2) is 0 Å². The fraction of sp³-hybridized carbons (Fsp3) is 0.188. The maximum Gasteiger partial charge on any atom is 0.252 e. The van der Waals surface area contributed by atoms with Gasteiger partial charge in [-0.25, -0.2) is 0 Å². The summed E-state index contributed by atoms with van der Waals surface area (Å²) in [5, 5.41) is 21.8. The number of nitrogens with one attached hydrogen (secondary N) is 1. The number of phenols is 1. The lowest BCUT2D eigenvalue weighted by atomic mass is 9.92. The second-order valence-corrected chi connectivity index (χ2v) is 4.86. The van der Waals surface area contributed by atoms with E-state index in [0.717, 1.165) is 5.56 Å². The van der Waals surface area contributed by atoms with E-state index in [1.165, 1.54) is 12.1 Å². The number of phenolic OH excluding ortho intramolecular Hbond substituents is 1. The highest BCUT2D eigenvalue weighted by molar-refractivity contribution is 5.95. The van der Waals surface area contributed by atoms with Crippen LogP contribution >= 0.6 is 0 Å². The number of hydrogen-bond acceptors (Lipinski definition) is 3. The van der Waals surface area contributed by atoms with Crippen LogP contribution in [-0.2, 0) is 5.54 Å². The molecule has 0 aliphatic carbocycles. The third-order valence-electron chi connectivity index (χ3n) is 3.22. The van der Waals surface area contributed by atoms with E-state index in [-0.39, 0.29) is 18.3 Å². The number of aromatic hydroxyl groups is 1. The number of aliphatic hydroxyl groups is 1. The minimum absolute atomic E-state index is 0.0306. The highest BCUT2D eigenvalue weighted by Crippen LogP contribution is 2.21. The second kappa shape index (κ2) is 5.75. The summed E-state index contributed by atoms with van der Waals surface area (Å²) in [5.74, 6) is -0.315. The highest BCUT2D eigenvalue weighted by Gasteiger charge is 2.28. The number of amides is 1. The molecule has 1 amide bonds. The molecule has 0 bridgehead atoms. The molecule has 0 saturated heterocycles. The van der Waals surface area contributed by atoms with Crippen molar-refractivity contribution >= 4 is 5.91 Å². The van der Waals surface area contributed by atoms with Crippen LogP contribution < -0.4 is 5.32 Å². The van der Waals surface area contributed by atoms with E-state index in [2.05, 4.69) is 5.32 Å². The van der Waals surface area contributed by atoms with Crippen LogP contribution in [0, 0.1) is 0 Å². The lowest BCUT2D eigenvalue weighted by molar-refractivity contribution is 0.0849. The molecule has 20 heavy (non-hydrogen) atoms. The van der Waals surface area contributed by atoms with E-state index >= 15 is 0 Å². The summed E-state index contributed by atoms with van der Waals surface area (Å²) in [4.78, 5) is 12.2. The molecule has 3 N–H and O–H groups in total. The van der Waals surface area contributed by atoms with Gasteiger partial charge in [0.2, 0.25) is 0 Å². The fourth-order valence-electron chi connectivity index (χ4n) is 1.98. The highest BCUT2D eigenvalue weighted by atomic mass is 16.3. The van der Waals surface area contributed by atoms with Crippen molar-refractivity contribution in [3.63, 3.8) is 0 Å². The van der Waals surface area contributed by atoms with Gasteiger partial charge in [-0.05, 0) is 30.7 Å². The Kier molecular flexibility index (Phi) is 4.05. The first-order chi connectivity index (χ1) is 9.55. The molecule has 1 unspecified atom stereocenters. The zero-order valence-electron chi connectivity index (χ0n) is 11.2. The van der Waals surface area contributed by atoms with E-state index in [9.17, 15) is 15.0 Å². The van der Waals surface area contributed by atoms with Crippen LogP contribution in [-0.4, -0.2) is 22.7 Å². The maximum absolute atomic E-state index is 12.2. The van der Waals surface area contributed by atoms with Crippen LogP contribution in [0.25, 0.3) is 0 Å². The van der Waals surface area contributed by atoms with E-state index in [1.54, 1.807) is 19.1 Å². The largest absolute Gasteiger partial charge is 0.508 e. The molecule has 1 atom stereocenters. The van der Waals surface area contributed by atoms with E-state index in [1.807, 2.05) is 30.3 Å².